The normalized spacial score (nSPS) is 10.4. The predicted octanol–water partition coefficient (Wildman–Crippen LogP) is 11.2. The standard InChI is InChI=1S/2C24H18O2.C10H10N4.Ti/c2*25-23-19(17-9-3-1-4-10-17)13-7-15-21(23)22-16-8-14-20(24(22)26)18-11-5-2-6-12-18;1-7-3-5-11-9(13-7)10-12-6-4-8(2)14-10;/h2*1-16,25-26H;3-6H,1-2H3;/q;;;+4/p-4. The molecule has 0 saturated carbocycles. The molecule has 0 unspecified atom stereocenters. The molecule has 8 aromatic carbocycles. The summed E-state index contributed by atoms with van der Waals surface area (Å²) in [6, 6.07) is 63.1. The van der Waals surface area contributed by atoms with Gasteiger partial charge in [-0.05, 0) is 92.7 Å². The van der Waals surface area contributed by atoms with Gasteiger partial charge in [-0.2, -0.15) is 0 Å². The molecule has 0 amide bonds. The molecule has 0 aliphatic rings. The fourth-order valence-corrected chi connectivity index (χ4v) is 7.49. The molecule has 0 N–H and O–H groups in total. The molecule has 0 atom stereocenters. The smallest absolute Gasteiger partial charge is 0.872 e. The fourth-order valence-electron chi connectivity index (χ4n) is 7.49. The van der Waals surface area contributed by atoms with Crippen molar-refractivity contribution in [3.63, 3.8) is 0 Å². The summed E-state index contributed by atoms with van der Waals surface area (Å²) in [6.07, 6.45) is 3.42. The SMILES string of the molecule is Cc1ccnc(-c2nccc(C)n2)n1.[O-]c1c(-c2ccccc2)cccc1-c1cccc(-c2ccccc2)c1[O-].[O-]c1c(-c2ccccc2)cccc1-c1cccc(-c2ccccc2)c1[O-].[Ti+4]. The molecule has 0 spiro atoms. The Hall–Kier alpha value is -8.17. The van der Waals surface area contributed by atoms with Crippen LogP contribution in [0.4, 0.5) is 0 Å². The van der Waals surface area contributed by atoms with Crippen molar-refractivity contribution in [3.05, 3.63) is 230 Å². The number of hydrogen-bond donors (Lipinski definition) is 0. The van der Waals surface area contributed by atoms with E-state index in [1.54, 1.807) is 60.9 Å². The van der Waals surface area contributed by atoms with E-state index in [-0.39, 0.29) is 44.7 Å². The van der Waals surface area contributed by atoms with E-state index in [0.29, 0.717) is 56.2 Å². The van der Waals surface area contributed by atoms with Crippen LogP contribution in [-0.2, 0) is 21.7 Å². The summed E-state index contributed by atoms with van der Waals surface area (Å²) in [7, 11) is 0. The Morgan fingerprint density at radius 3 is 0.716 bits per heavy atom. The number of nitrogens with zero attached hydrogens (tertiary/aromatic N) is 4. The summed E-state index contributed by atoms with van der Waals surface area (Å²) >= 11 is 0. The van der Waals surface area contributed by atoms with Gasteiger partial charge in [0.05, 0.1) is 0 Å². The first-order valence-electron chi connectivity index (χ1n) is 21.3. The molecule has 2 aromatic heterocycles. The monoisotopic (exact) mass is 906 g/mol. The van der Waals surface area contributed by atoms with Gasteiger partial charge in [-0.25, -0.2) is 19.9 Å². The Morgan fingerprint density at radius 1 is 0.269 bits per heavy atom. The van der Waals surface area contributed by atoms with Gasteiger partial charge in [0.1, 0.15) is 0 Å². The van der Waals surface area contributed by atoms with Crippen molar-refractivity contribution in [2.45, 2.75) is 13.8 Å². The first-order chi connectivity index (χ1) is 32.3. The van der Waals surface area contributed by atoms with E-state index >= 15 is 0 Å². The zero-order valence-corrected chi connectivity index (χ0v) is 38.3. The number of hydrogen-bond acceptors (Lipinski definition) is 8. The third-order valence-electron chi connectivity index (χ3n) is 10.8. The van der Waals surface area contributed by atoms with Crippen LogP contribution < -0.4 is 20.4 Å². The zero-order chi connectivity index (χ0) is 45.8. The van der Waals surface area contributed by atoms with Crippen LogP contribution in [0, 0.1) is 13.8 Å². The minimum absolute atomic E-state index is 0. The molecule has 2 heterocycles. The Bertz CT molecular complexity index is 2820. The van der Waals surface area contributed by atoms with Gasteiger partial charge in [0.25, 0.3) is 0 Å². The summed E-state index contributed by atoms with van der Waals surface area (Å²) < 4.78 is 0. The van der Waals surface area contributed by atoms with Crippen LogP contribution in [0.1, 0.15) is 11.4 Å². The molecule has 67 heavy (non-hydrogen) atoms. The maximum Gasteiger partial charge on any atom is 4.00 e. The zero-order valence-electron chi connectivity index (χ0n) is 36.7. The number of para-hydroxylation sites is 4. The summed E-state index contributed by atoms with van der Waals surface area (Å²) in [6.45, 7) is 3.84. The van der Waals surface area contributed by atoms with Gasteiger partial charge in [-0.1, -0.05) is 217 Å². The van der Waals surface area contributed by atoms with Gasteiger partial charge in [-0.15, -0.1) is 0 Å². The first kappa shape index (κ1) is 46.8. The van der Waals surface area contributed by atoms with Crippen LogP contribution in [0.2, 0.25) is 0 Å². The minimum Gasteiger partial charge on any atom is -0.872 e. The molecule has 8 nitrogen and oxygen atoms in total. The van der Waals surface area contributed by atoms with Gasteiger partial charge in [0, 0.05) is 23.8 Å². The summed E-state index contributed by atoms with van der Waals surface area (Å²) in [5, 5.41) is 52.1. The number of aryl methyl sites for hydroxylation is 2. The van der Waals surface area contributed by atoms with Crippen molar-refractivity contribution in [2.24, 2.45) is 0 Å². The van der Waals surface area contributed by atoms with Crippen molar-refractivity contribution in [2.75, 3.05) is 0 Å². The maximum atomic E-state index is 13.0. The molecule has 0 aliphatic carbocycles. The second-order valence-corrected chi connectivity index (χ2v) is 15.2. The molecule has 0 saturated heterocycles. The molecule has 0 bridgehead atoms. The molecule has 10 rings (SSSR count). The van der Waals surface area contributed by atoms with Gasteiger partial charge >= 0.3 is 21.7 Å². The quantitative estimate of drug-likeness (QED) is 0.144. The third-order valence-corrected chi connectivity index (χ3v) is 10.8. The summed E-state index contributed by atoms with van der Waals surface area (Å²) in [5.41, 5.74) is 9.42. The molecule has 0 radical (unpaired) electrons. The Kier molecular flexibility index (Phi) is 15.5. The van der Waals surface area contributed by atoms with Crippen molar-refractivity contribution in [3.8, 4) is 101 Å². The van der Waals surface area contributed by atoms with Crippen LogP contribution >= 0.6 is 0 Å². The average molecular weight is 907 g/mol. The van der Waals surface area contributed by atoms with Gasteiger partial charge in [0.2, 0.25) is 0 Å². The van der Waals surface area contributed by atoms with Crippen molar-refractivity contribution < 1.29 is 42.1 Å². The van der Waals surface area contributed by atoms with Crippen LogP contribution in [0.3, 0.4) is 0 Å². The van der Waals surface area contributed by atoms with E-state index in [1.807, 2.05) is 172 Å². The van der Waals surface area contributed by atoms with E-state index in [2.05, 4.69) is 19.9 Å². The molecule has 0 fully saturated rings. The van der Waals surface area contributed by atoms with E-state index in [4.69, 9.17) is 0 Å². The predicted molar refractivity (Wildman–Crippen MR) is 256 cm³/mol. The minimum atomic E-state index is -0.124. The molecule has 322 valence electrons. The van der Waals surface area contributed by atoms with E-state index in [9.17, 15) is 20.4 Å². The maximum absolute atomic E-state index is 13.0. The number of aromatic nitrogens is 4. The van der Waals surface area contributed by atoms with Crippen LogP contribution in [0.25, 0.3) is 78.4 Å². The molecule has 9 heteroatoms. The molecular weight excluding hydrogens is 865 g/mol. The summed E-state index contributed by atoms with van der Waals surface area (Å²) in [4.78, 5) is 16.7. The van der Waals surface area contributed by atoms with Crippen molar-refractivity contribution >= 4 is 0 Å². The van der Waals surface area contributed by atoms with E-state index < -0.39 is 0 Å². The number of benzene rings is 8. The Morgan fingerprint density at radius 2 is 0.493 bits per heavy atom. The molecule has 0 aliphatic heterocycles. The fraction of sp³-hybridized carbons (Fsp3) is 0.0345. The van der Waals surface area contributed by atoms with Crippen molar-refractivity contribution in [1.82, 2.24) is 19.9 Å². The largest absolute Gasteiger partial charge is 4.00 e. The second kappa shape index (κ2) is 22.2. The molecule has 10 aromatic rings. The number of rotatable bonds is 7. The topological polar surface area (TPSA) is 144 Å². The van der Waals surface area contributed by atoms with Gasteiger partial charge < -0.3 is 20.4 Å². The third kappa shape index (κ3) is 11.0. The second-order valence-electron chi connectivity index (χ2n) is 15.2. The van der Waals surface area contributed by atoms with E-state index in [1.165, 1.54) is 0 Å². The average Bonchev–Trinajstić information content (AvgIpc) is 3.36. The summed E-state index contributed by atoms with van der Waals surface area (Å²) in [5.74, 6) is 0.659. The van der Waals surface area contributed by atoms with Gasteiger partial charge in [0.15, 0.2) is 11.6 Å². The van der Waals surface area contributed by atoms with E-state index in [0.717, 1.165) is 33.6 Å². The Labute approximate surface area is 405 Å². The van der Waals surface area contributed by atoms with Crippen LogP contribution in [-0.4, -0.2) is 19.9 Å². The Balaban J connectivity index is 0.000000155. The first-order valence-corrected chi connectivity index (χ1v) is 21.3. The van der Waals surface area contributed by atoms with Crippen LogP contribution in [0.5, 0.6) is 23.0 Å². The molecular formula is C58H42N4O4Ti. The van der Waals surface area contributed by atoms with Crippen molar-refractivity contribution in [1.29, 1.82) is 0 Å². The van der Waals surface area contributed by atoms with Gasteiger partial charge in [-0.3, -0.25) is 0 Å². The van der Waals surface area contributed by atoms with Crippen LogP contribution in [0.15, 0.2) is 219 Å².